The Morgan fingerprint density at radius 3 is 2.84 bits per heavy atom. The lowest BCUT2D eigenvalue weighted by Crippen LogP contribution is -2.45. The molecule has 1 N–H and O–H groups in total. The molecule has 0 spiro atoms. The Labute approximate surface area is 182 Å². The van der Waals surface area contributed by atoms with Crippen molar-refractivity contribution in [2.45, 2.75) is 25.4 Å². The molecule has 3 heterocycles. The van der Waals surface area contributed by atoms with Gasteiger partial charge in [0.25, 0.3) is 5.91 Å². The largest absolute Gasteiger partial charge is 0.454 e. The number of nitrogens with one attached hydrogen (secondary N) is 1. The van der Waals surface area contributed by atoms with E-state index in [-0.39, 0.29) is 19.2 Å². The molecule has 1 aromatic heterocycles. The second kappa shape index (κ2) is 7.31. The van der Waals surface area contributed by atoms with Crippen molar-refractivity contribution in [1.82, 2.24) is 15.2 Å². The van der Waals surface area contributed by atoms with Crippen LogP contribution < -0.4 is 14.8 Å². The van der Waals surface area contributed by atoms with Gasteiger partial charge in [-0.05, 0) is 42.8 Å². The van der Waals surface area contributed by atoms with Crippen LogP contribution in [0.4, 0.5) is 4.79 Å². The highest BCUT2D eigenvalue weighted by atomic mass is 35.5. The number of rotatable bonds is 5. The van der Waals surface area contributed by atoms with E-state index in [1.165, 1.54) is 6.26 Å². The lowest BCUT2D eigenvalue weighted by atomic mass is 9.92. The molecule has 2 aliphatic rings. The minimum absolute atomic E-state index is 0.00542. The number of aromatic nitrogens is 1. The van der Waals surface area contributed by atoms with Crippen molar-refractivity contribution in [2.75, 3.05) is 6.79 Å². The van der Waals surface area contributed by atoms with Crippen LogP contribution in [-0.4, -0.2) is 34.2 Å². The predicted octanol–water partition coefficient (Wildman–Crippen LogP) is 3.78. The first kappa shape index (κ1) is 19.4. The fraction of sp³-hybridized carbons (Fsp3) is 0.227. The molecule has 1 atom stereocenters. The zero-order chi connectivity index (χ0) is 21.6. The summed E-state index contributed by atoms with van der Waals surface area (Å²) in [5.74, 6) is 1.33. The van der Waals surface area contributed by atoms with Gasteiger partial charge < -0.3 is 19.2 Å². The van der Waals surface area contributed by atoms with Crippen LogP contribution in [0.15, 0.2) is 53.1 Å². The fourth-order valence-electron chi connectivity index (χ4n) is 3.77. The summed E-state index contributed by atoms with van der Waals surface area (Å²) in [6.07, 6.45) is 1.75. The van der Waals surface area contributed by atoms with Gasteiger partial charge in [-0.2, -0.15) is 0 Å². The molecule has 2 aromatic carbocycles. The molecule has 0 radical (unpaired) electrons. The standard InChI is InChI=1S/C22H18ClN3O5/c1-22(9-13-5-6-17-18(7-13)31-12-30-17)20(27)26(21(28)25-22)10-16-11-29-19(24-16)14-3-2-4-15(23)8-14/h2-8,11H,9-10,12H2,1H3,(H,25,28)/t22-/m1/s1. The lowest BCUT2D eigenvalue weighted by Gasteiger charge is -2.21. The van der Waals surface area contributed by atoms with Gasteiger partial charge in [0.05, 0.1) is 12.2 Å². The molecule has 8 nitrogen and oxygen atoms in total. The molecule has 31 heavy (non-hydrogen) atoms. The van der Waals surface area contributed by atoms with Gasteiger partial charge >= 0.3 is 6.03 Å². The number of oxazole rings is 1. The van der Waals surface area contributed by atoms with Crippen molar-refractivity contribution in [3.63, 3.8) is 0 Å². The van der Waals surface area contributed by atoms with Crippen LogP contribution in [0.2, 0.25) is 5.02 Å². The van der Waals surface area contributed by atoms with Crippen molar-refractivity contribution in [1.29, 1.82) is 0 Å². The third-order valence-corrected chi connectivity index (χ3v) is 5.52. The fourth-order valence-corrected chi connectivity index (χ4v) is 3.96. The number of ether oxygens (including phenoxy) is 2. The first-order valence-corrected chi connectivity index (χ1v) is 10.0. The Bertz CT molecular complexity index is 1190. The van der Waals surface area contributed by atoms with Crippen LogP contribution in [0, 0.1) is 0 Å². The molecular formula is C22H18ClN3O5. The second-order valence-corrected chi connectivity index (χ2v) is 8.11. The third-order valence-electron chi connectivity index (χ3n) is 5.28. The molecular weight excluding hydrogens is 422 g/mol. The van der Waals surface area contributed by atoms with Crippen molar-refractivity contribution in [3.8, 4) is 23.0 Å². The summed E-state index contributed by atoms with van der Waals surface area (Å²) in [7, 11) is 0. The molecule has 5 rings (SSSR count). The van der Waals surface area contributed by atoms with Crippen molar-refractivity contribution in [2.24, 2.45) is 0 Å². The van der Waals surface area contributed by atoms with Gasteiger partial charge in [-0.3, -0.25) is 9.69 Å². The van der Waals surface area contributed by atoms with E-state index in [0.29, 0.717) is 40.1 Å². The Kier molecular flexibility index (Phi) is 4.59. The topological polar surface area (TPSA) is 93.9 Å². The number of nitrogens with zero attached hydrogens (tertiary/aromatic N) is 2. The molecule has 158 valence electrons. The Morgan fingerprint density at radius 1 is 1.16 bits per heavy atom. The predicted molar refractivity (Wildman–Crippen MR) is 111 cm³/mol. The molecule has 0 aliphatic carbocycles. The normalized spacial score (nSPS) is 19.7. The minimum Gasteiger partial charge on any atom is -0.454 e. The van der Waals surface area contributed by atoms with Crippen LogP contribution in [0.1, 0.15) is 18.2 Å². The summed E-state index contributed by atoms with van der Waals surface area (Å²) < 4.78 is 16.2. The van der Waals surface area contributed by atoms with Gasteiger partial charge in [-0.15, -0.1) is 0 Å². The Hall–Kier alpha value is -3.52. The van der Waals surface area contributed by atoms with Gasteiger partial charge in [0.2, 0.25) is 12.7 Å². The SMILES string of the molecule is C[C@]1(Cc2ccc3c(c2)OCO3)NC(=O)N(Cc2coc(-c3cccc(Cl)c3)n2)C1=O. The number of carbonyl (C=O) groups is 2. The maximum atomic E-state index is 13.1. The number of imide groups is 1. The van der Waals surface area contributed by atoms with Gasteiger partial charge in [-0.1, -0.05) is 23.7 Å². The summed E-state index contributed by atoms with van der Waals surface area (Å²) in [5, 5.41) is 3.36. The molecule has 0 unspecified atom stereocenters. The molecule has 9 heteroatoms. The van der Waals surface area contributed by atoms with Gasteiger partial charge in [0.15, 0.2) is 11.5 Å². The summed E-state index contributed by atoms with van der Waals surface area (Å²) in [6.45, 7) is 1.89. The van der Waals surface area contributed by atoms with Crippen LogP contribution in [0.25, 0.3) is 11.5 Å². The van der Waals surface area contributed by atoms with Crippen LogP contribution >= 0.6 is 11.6 Å². The quantitative estimate of drug-likeness (QED) is 0.608. The van der Waals surface area contributed by atoms with Crippen molar-refractivity contribution >= 4 is 23.5 Å². The average molecular weight is 440 g/mol. The average Bonchev–Trinajstić information content (AvgIpc) is 3.44. The van der Waals surface area contributed by atoms with E-state index in [0.717, 1.165) is 10.5 Å². The number of hydrogen-bond donors (Lipinski definition) is 1. The van der Waals surface area contributed by atoms with Crippen molar-refractivity contribution < 1.29 is 23.5 Å². The van der Waals surface area contributed by atoms with E-state index >= 15 is 0 Å². The number of halogens is 1. The number of fused-ring (bicyclic) bond motifs is 1. The van der Waals surface area contributed by atoms with Crippen molar-refractivity contribution in [3.05, 3.63) is 65.0 Å². The minimum atomic E-state index is -1.08. The van der Waals surface area contributed by atoms with E-state index in [9.17, 15) is 9.59 Å². The summed E-state index contributed by atoms with van der Waals surface area (Å²) >= 11 is 6.02. The number of hydrogen-bond acceptors (Lipinski definition) is 6. The molecule has 2 aliphatic heterocycles. The van der Waals surface area contributed by atoms with Crippen LogP contribution in [-0.2, 0) is 17.8 Å². The van der Waals surface area contributed by atoms with Gasteiger partial charge in [-0.25, -0.2) is 9.78 Å². The highest BCUT2D eigenvalue weighted by molar-refractivity contribution is 6.30. The second-order valence-electron chi connectivity index (χ2n) is 7.67. The van der Waals surface area contributed by atoms with Crippen LogP contribution in [0.3, 0.4) is 0 Å². The number of amides is 3. The highest BCUT2D eigenvalue weighted by Gasteiger charge is 2.48. The maximum Gasteiger partial charge on any atom is 0.325 e. The molecule has 3 aromatic rings. The highest BCUT2D eigenvalue weighted by Crippen LogP contribution is 2.34. The molecule has 0 bridgehead atoms. The lowest BCUT2D eigenvalue weighted by molar-refractivity contribution is -0.131. The van der Waals surface area contributed by atoms with E-state index < -0.39 is 11.6 Å². The van der Waals surface area contributed by atoms with Gasteiger partial charge in [0.1, 0.15) is 11.8 Å². The van der Waals surface area contributed by atoms with E-state index in [1.807, 2.05) is 18.2 Å². The van der Waals surface area contributed by atoms with E-state index in [1.54, 1.807) is 31.2 Å². The molecule has 3 amide bonds. The number of benzene rings is 2. The third kappa shape index (κ3) is 3.59. The zero-order valence-corrected chi connectivity index (χ0v) is 17.3. The van der Waals surface area contributed by atoms with Crippen LogP contribution in [0.5, 0.6) is 11.5 Å². The summed E-state index contributed by atoms with van der Waals surface area (Å²) in [5.41, 5.74) is 0.950. The maximum absolute atomic E-state index is 13.1. The molecule has 0 saturated carbocycles. The van der Waals surface area contributed by atoms with E-state index in [4.69, 9.17) is 25.5 Å². The van der Waals surface area contributed by atoms with E-state index in [2.05, 4.69) is 10.3 Å². The molecule has 1 fully saturated rings. The first-order valence-electron chi connectivity index (χ1n) is 9.64. The molecule has 1 saturated heterocycles. The smallest absolute Gasteiger partial charge is 0.325 e. The van der Waals surface area contributed by atoms with Gasteiger partial charge in [0, 0.05) is 17.0 Å². The number of carbonyl (C=O) groups excluding carboxylic acids is 2. The summed E-state index contributed by atoms with van der Waals surface area (Å²) in [6, 6.07) is 12.1. The Morgan fingerprint density at radius 2 is 2.00 bits per heavy atom. The first-order chi connectivity index (χ1) is 14.9. The monoisotopic (exact) mass is 439 g/mol. The Balaban J connectivity index is 1.32. The summed E-state index contributed by atoms with van der Waals surface area (Å²) in [4.78, 5) is 31.2. The number of urea groups is 1. The zero-order valence-electron chi connectivity index (χ0n) is 16.6.